The molecule has 0 radical (unpaired) electrons. The largest absolute Gasteiger partial charge is 0.512 e. The predicted molar refractivity (Wildman–Crippen MR) is 60.4 cm³/mol. The lowest BCUT2D eigenvalue weighted by atomic mass is 9.98. The highest BCUT2D eigenvalue weighted by Crippen LogP contribution is 2.14. The number of aliphatic hydroxyl groups excluding tert-OH is 1. The van der Waals surface area contributed by atoms with E-state index in [0.717, 1.165) is 6.42 Å². The Balaban J connectivity index is 2.65. The van der Waals surface area contributed by atoms with Gasteiger partial charge >= 0.3 is 0 Å². The van der Waals surface area contributed by atoms with Crippen LogP contribution in [-0.4, -0.2) is 5.11 Å². The van der Waals surface area contributed by atoms with E-state index >= 15 is 0 Å². The number of hydrogen-bond donors (Lipinski definition) is 1. The molecule has 0 saturated carbocycles. The minimum absolute atomic E-state index is 0.211. The number of aryl methyl sites for hydroxylation is 1. The second kappa shape index (κ2) is 4.85. The molecular formula is C13H18O. The number of rotatable bonds is 3. The Hall–Kier alpha value is -1.24. The summed E-state index contributed by atoms with van der Waals surface area (Å²) in [6.07, 6.45) is 2.66. The van der Waals surface area contributed by atoms with Crippen LogP contribution in [0.3, 0.4) is 0 Å². The lowest BCUT2D eigenvalue weighted by molar-refractivity contribution is 0.338. The Morgan fingerprint density at radius 3 is 2.43 bits per heavy atom. The molecule has 0 saturated heterocycles. The molecule has 1 nitrogen and oxygen atoms in total. The first-order valence-electron chi connectivity index (χ1n) is 5.04. The minimum atomic E-state index is 0.211. The molecule has 1 unspecified atom stereocenters. The van der Waals surface area contributed by atoms with E-state index in [1.54, 1.807) is 6.08 Å². The van der Waals surface area contributed by atoms with Gasteiger partial charge in [-0.1, -0.05) is 36.8 Å². The maximum atomic E-state index is 9.50. The van der Waals surface area contributed by atoms with Gasteiger partial charge in [-0.05, 0) is 31.9 Å². The predicted octanol–water partition coefficient (Wildman–Crippen LogP) is 3.64. The summed E-state index contributed by atoms with van der Waals surface area (Å²) in [7, 11) is 0. The second-order valence-electron chi connectivity index (χ2n) is 3.80. The van der Waals surface area contributed by atoms with Crippen molar-refractivity contribution < 1.29 is 5.11 Å². The summed E-state index contributed by atoms with van der Waals surface area (Å²) in [4.78, 5) is 0. The standard InChI is InChI=1S/C13H18O/c1-4-13(14)11(3)9-12-7-5-10(2)6-8-12/h4-8,11,14H,9H2,1-3H3/b13-4-. The van der Waals surface area contributed by atoms with Gasteiger partial charge in [-0.15, -0.1) is 0 Å². The van der Waals surface area contributed by atoms with Crippen LogP contribution in [-0.2, 0) is 6.42 Å². The van der Waals surface area contributed by atoms with Crippen molar-refractivity contribution in [3.63, 3.8) is 0 Å². The highest BCUT2D eigenvalue weighted by Gasteiger charge is 2.06. The summed E-state index contributed by atoms with van der Waals surface area (Å²) in [5.74, 6) is 0.688. The van der Waals surface area contributed by atoms with Crippen molar-refractivity contribution in [3.8, 4) is 0 Å². The topological polar surface area (TPSA) is 20.2 Å². The molecule has 1 aromatic carbocycles. The van der Waals surface area contributed by atoms with Gasteiger partial charge in [-0.25, -0.2) is 0 Å². The molecule has 0 aliphatic heterocycles. The van der Waals surface area contributed by atoms with Gasteiger partial charge in [0, 0.05) is 5.92 Å². The molecule has 0 aromatic heterocycles. The van der Waals surface area contributed by atoms with E-state index in [-0.39, 0.29) is 5.92 Å². The summed E-state index contributed by atoms with van der Waals surface area (Å²) in [5, 5.41) is 9.50. The van der Waals surface area contributed by atoms with Gasteiger partial charge in [0.05, 0.1) is 5.76 Å². The molecule has 0 spiro atoms. The summed E-state index contributed by atoms with van der Waals surface area (Å²) in [6.45, 7) is 5.98. The minimum Gasteiger partial charge on any atom is -0.512 e. The van der Waals surface area contributed by atoms with Crippen LogP contribution >= 0.6 is 0 Å². The Labute approximate surface area is 86.1 Å². The molecule has 1 rings (SSSR count). The average molecular weight is 190 g/mol. The van der Waals surface area contributed by atoms with Crippen molar-refractivity contribution in [2.45, 2.75) is 27.2 Å². The van der Waals surface area contributed by atoms with E-state index in [2.05, 4.69) is 31.2 Å². The quantitative estimate of drug-likeness (QED) is 0.721. The highest BCUT2D eigenvalue weighted by molar-refractivity contribution is 5.22. The third-order valence-electron chi connectivity index (χ3n) is 2.46. The number of hydrogen-bond acceptors (Lipinski definition) is 1. The molecule has 14 heavy (non-hydrogen) atoms. The Morgan fingerprint density at radius 1 is 1.36 bits per heavy atom. The van der Waals surface area contributed by atoms with Gasteiger partial charge in [0.15, 0.2) is 0 Å². The third kappa shape index (κ3) is 2.91. The summed E-state index contributed by atoms with van der Waals surface area (Å²) < 4.78 is 0. The second-order valence-corrected chi connectivity index (χ2v) is 3.80. The molecule has 0 heterocycles. The molecule has 1 N–H and O–H groups in total. The van der Waals surface area contributed by atoms with Gasteiger partial charge in [-0.3, -0.25) is 0 Å². The van der Waals surface area contributed by atoms with Gasteiger partial charge in [0.1, 0.15) is 0 Å². The summed E-state index contributed by atoms with van der Waals surface area (Å²) in [5.41, 5.74) is 2.55. The van der Waals surface area contributed by atoms with Crippen molar-refractivity contribution in [1.29, 1.82) is 0 Å². The molecule has 0 fully saturated rings. The Morgan fingerprint density at radius 2 is 1.93 bits per heavy atom. The monoisotopic (exact) mass is 190 g/mol. The van der Waals surface area contributed by atoms with Crippen LogP contribution < -0.4 is 0 Å². The molecule has 1 aromatic rings. The first-order valence-corrected chi connectivity index (χ1v) is 5.04. The third-order valence-corrected chi connectivity index (χ3v) is 2.46. The molecule has 0 aliphatic rings. The first kappa shape index (κ1) is 10.8. The molecular weight excluding hydrogens is 172 g/mol. The number of allylic oxidation sites excluding steroid dienone is 2. The van der Waals surface area contributed by atoms with E-state index < -0.39 is 0 Å². The van der Waals surface area contributed by atoms with Crippen LogP contribution in [0.4, 0.5) is 0 Å². The SMILES string of the molecule is C/C=C(\O)C(C)Cc1ccc(C)cc1. The first-order chi connectivity index (χ1) is 6.63. The van der Waals surface area contributed by atoms with E-state index in [1.165, 1.54) is 11.1 Å². The van der Waals surface area contributed by atoms with Crippen molar-refractivity contribution in [3.05, 3.63) is 47.2 Å². The van der Waals surface area contributed by atoms with Gasteiger partial charge < -0.3 is 5.11 Å². The van der Waals surface area contributed by atoms with E-state index in [9.17, 15) is 5.11 Å². The van der Waals surface area contributed by atoms with Crippen molar-refractivity contribution in [1.82, 2.24) is 0 Å². The zero-order chi connectivity index (χ0) is 10.6. The van der Waals surface area contributed by atoms with Gasteiger partial charge in [0.25, 0.3) is 0 Å². The zero-order valence-corrected chi connectivity index (χ0v) is 9.12. The zero-order valence-electron chi connectivity index (χ0n) is 9.12. The number of benzene rings is 1. The Bertz CT molecular complexity index is 309. The summed E-state index contributed by atoms with van der Waals surface area (Å²) >= 11 is 0. The van der Waals surface area contributed by atoms with Crippen LogP contribution in [0.15, 0.2) is 36.1 Å². The molecule has 0 bridgehead atoms. The average Bonchev–Trinajstić information content (AvgIpc) is 2.20. The fourth-order valence-corrected chi connectivity index (χ4v) is 1.47. The maximum absolute atomic E-state index is 9.50. The fraction of sp³-hybridized carbons (Fsp3) is 0.385. The normalized spacial score (nSPS) is 14.1. The molecule has 1 heteroatoms. The van der Waals surface area contributed by atoms with Crippen molar-refractivity contribution in [2.75, 3.05) is 0 Å². The lowest BCUT2D eigenvalue weighted by Crippen LogP contribution is -2.02. The molecule has 0 amide bonds. The van der Waals surface area contributed by atoms with Crippen LogP contribution in [0.5, 0.6) is 0 Å². The van der Waals surface area contributed by atoms with Gasteiger partial charge in [0.2, 0.25) is 0 Å². The van der Waals surface area contributed by atoms with Crippen LogP contribution in [0.25, 0.3) is 0 Å². The van der Waals surface area contributed by atoms with E-state index in [0.29, 0.717) is 5.76 Å². The van der Waals surface area contributed by atoms with Crippen LogP contribution in [0.2, 0.25) is 0 Å². The number of aliphatic hydroxyl groups is 1. The lowest BCUT2D eigenvalue weighted by Gasteiger charge is -2.10. The smallest absolute Gasteiger partial charge is 0.0911 e. The van der Waals surface area contributed by atoms with Crippen LogP contribution in [0.1, 0.15) is 25.0 Å². The maximum Gasteiger partial charge on any atom is 0.0911 e. The Kier molecular flexibility index (Phi) is 3.75. The fourth-order valence-electron chi connectivity index (χ4n) is 1.47. The van der Waals surface area contributed by atoms with Crippen LogP contribution in [0, 0.1) is 12.8 Å². The van der Waals surface area contributed by atoms with Crippen molar-refractivity contribution >= 4 is 0 Å². The molecule has 0 aliphatic carbocycles. The highest BCUT2D eigenvalue weighted by atomic mass is 16.3. The van der Waals surface area contributed by atoms with Gasteiger partial charge in [-0.2, -0.15) is 0 Å². The molecule has 1 atom stereocenters. The van der Waals surface area contributed by atoms with Crippen molar-refractivity contribution in [2.24, 2.45) is 5.92 Å². The van der Waals surface area contributed by atoms with E-state index in [4.69, 9.17) is 0 Å². The summed E-state index contributed by atoms with van der Waals surface area (Å²) in [6, 6.07) is 8.45. The van der Waals surface area contributed by atoms with E-state index in [1.807, 2.05) is 13.8 Å². The molecule has 76 valence electrons.